The Morgan fingerprint density at radius 3 is 2.57 bits per heavy atom. The minimum Gasteiger partial charge on any atom is -0.396 e. The normalized spacial score (nSPS) is 14.1. The second kappa shape index (κ2) is 10.4. The molecule has 1 heterocycles. The van der Waals surface area contributed by atoms with Crippen LogP contribution in [0.4, 0.5) is 0 Å². The van der Waals surface area contributed by atoms with Crippen LogP contribution in [0, 0.1) is 5.41 Å². The minimum atomic E-state index is -0.171. The fourth-order valence-electron chi connectivity index (χ4n) is 2.05. The van der Waals surface area contributed by atoms with Gasteiger partial charge < -0.3 is 19.9 Å². The van der Waals surface area contributed by atoms with Crippen molar-refractivity contribution in [2.24, 2.45) is 17.5 Å². The number of aliphatic hydroxyl groups is 1. The van der Waals surface area contributed by atoms with Gasteiger partial charge in [0.25, 0.3) is 0 Å². The van der Waals surface area contributed by atoms with Gasteiger partial charge in [-0.2, -0.15) is 0 Å². The molecule has 1 aromatic rings. The predicted molar refractivity (Wildman–Crippen MR) is 109 cm³/mol. The first kappa shape index (κ1) is 22.5. The van der Waals surface area contributed by atoms with E-state index in [9.17, 15) is 5.11 Å². The first-order valence-corrected chi connectivity index (χ1v) is 8.14. The molecule has 2 N–H and O–H groups in total. The summed E-state index contributed by atoms with van der Waals surface area (Å²) in [7, 11) is 3.99. The van der Waals surface area contributed by atoms with Gasteiger partial charge >= 0.3 is 0 Å². The van der Waals surface area contributed by atoms with Crippen molar-refractivity contribution in [3.8, 4) is 0 Å². The lowest BCUT2D eigenvalue weighted by atomic mass is 9.89. The SMILES string of the molecule is CCNC(=NCC(C)(CC)CO)N(C)Cc1cc(Cl)cn1C.I. The zero-order valence-corrected chi connectivity index (χ0v) is 17.9. The highest BCUT2D eigenvalue weighted by atomic mass is 127. The van der Waals surface area contributed by atoms with Crippen LogP contribution in [0.2, 0.25) is 5.02 Å². The zero-order valence-electron chi connectivity index (χ0n) is 14.8. The standard InChI is InChI=1S/C16H29ClN4O.HI/c1-6-16(3,12-22)11-19-15(18-7-2)21(5)10-14-8-13(17)9-20(14)4;/h8-9,22H,6-7,10-12H2,1-5H3,(H,18,19);1H. The zero-order chi connectivity index (χ0) is 16.8. The Kier molecular flexibility index (Phi) is 10.2. The first-order chi connectivity index (χ1) is 10.3. The summed E-state index contributed by atoms with van der Waals surface area (Å²) in [5, 5.41) is 13.6. The van der Waals surface area contributed by atoms with Crippen molar-refractivity contribution in [3.63, 3.8) is 0 Å². The first-order valence-electron chi connectivity index (χ1n) is 7.76. The lowest BCUT2D eigenvalue weighted by Gasteiger charge is -2.26. The highest BCUT2D eigenvalue weighted by molar-refractivity contribution is 14.0. The van der Waals surface area contributed by atoms with Crippen LogP contribution in [-0.2, 0) is 13.6 Å². The van der Waals surface area contributed by atoms with Crippen LogP contribution in [0.1, 0.15) is 32.9 Å². The molecule has 23 heavy (non-hydrogen) atoms. The molecule has 1 rings (SSSR count). The summed E-state index contributed by atoms with van der Waals surface area (Å²) in [4.78, 5) is 6.76. The molecule has 5 nitrogen and oxygen atoms in total. The summed E-state index contributed by atoms with van der Waals surface area (Å²) in [5.41, 5.74) is 0.953. The molecule has 0 saturated carbocycles. The van der Waals surface area contributed by atoms with Crippen LogP contribution in [0.15, 0.2) is 17.3 Å². The maximum atomic E-state index is 9.52. The van der Waals surface area contributed by atoms with Crippen molar-refractivity contribution in [3.05, 3.63) is 23.0 Å². The molecule has 1 atom stereocenters. The Labute approximate surface area is 162 Å². The van der Waals surface area contributed by atoms with Gasteiger partial charge in [0, 0.05) is 37.9 Å². The summed E-state index contributed by atoms with van der Waals surface area (Å²) in [5.74, 6) is 0.841. The van der Waals surface area contributed by atoms with Crippen LogP contribution in [-0.4, -0.2) is 47.3 Å². The molecule has 7 heteroatoms. The van der Waals surface area contributed by atoms with Crippen LogP contribution in [0.3, 0.4) is 0 Å². The highest BCUT2D eigenvalue weighted by Crippen LogP contribution is 2.20. The minimum absolute atomic E-state index is 0. The molecule has 0 aliphatic heterocycles. The molecule has 0 amide bonds. The number of aliphatic imine (C=N–C) groups is 1. The number of aromatic nitrogens is 1. The average molecular weight is 457 g/mol. The molecular weight excluding hydrogens is 427 g/mol. The molecule has 1 unspecified atom stereocenters. The number of aryl methyl sites for hydroxylation is 1. The summed E-state index contributed by atoms with van der Waals surface area (Å²) in [6.45, 7) is 8.44. The molecule has 0 fully saturated rings. The largest absolute Gasteiger partial charge is 0.396 e. The lowest BCUT2D eigenvalue weighted by molar-refractivity contribution is 0.145. The Morgan fingerprint density at radius 2 is 2.13 bits per heavy atom. The third-order valence-corrected chi connectivity index (χ3v) is 4.22. The van der Waals surface area contributed by atoms with Gasteiger partial charge in [0.05, 0.1) is 24.7 Å². The monoisotopic (exact) mass is 456 g/mol. The van der Waals surface area contributed by atoms with E-state index in [1.165, 1.54) is 0 Å². The van der Waals surface area contributed by atoms with Gasteiger partial charge in [-0.3, -0.25) is 4.99 Å². The summed E-state index contributed by atoms with van der Waals surface area (Å²) in [6, 6.07) is 1.96. The highest BCUT2D eigenvalue weighted by Gasteiger charge is 2.21. The molecule has 0 aliphatic carbocycles. The third-order valence-electron chi connectivity index (χ3n) is 4.02. The molecule has 0 aromatic carbocycles. The van der Waals surface area contributed by atoms with E-state index in [0.717, 1.165) is 36.2 Å². The smallest absolute Gasteiger partial charge is 0.194 e. The van der Waals surface area contributed by atoms with Gasteiger partial charge in [-0.15, -0.1) is 24.0 Å². The average Bonchev–Trinajstić information content (AvgIpc) is 2.80. The number of nitrogens with zero attached hydrogens (tertiary/aromatic N) is 3. The van der Waals surface area contributed by atoms with Gasteiger partial charge in [-0.25, -0.2) is 0 Å². The lowest BCUT2D eigenvalue weighted by Crippen LogP contribution is -2.40. The van der Waals surface area contributed by atoms with Crippen LogP contribution in [0.5, 0.6) is 0 Å². The van der Waals surface area contributed by atoms with Crippen LogP contribution in [0.25, 0.3) is 0 Å². The maximum Gasteiger partial charge on any atom is 0.194 e. The van der Waals surface area contributed by atoms with E-state index in [2.05, 4.69) is 29.1 Å². The van der Waals surface area contributed by atoms with E-state index in [1.807, 2.05) is 37.8 Å². The van der Waals surface area contributed by atoms with E-state index in [1.54, 1.807) is 0 Å². The molecule has 0 aliphatic rings. The van der Waals surface area contributed by atoms with E-state index >= 15 is 0 Å². The van der Waals surface area contributed by atoms with E-state index in [4.69, 9.17) is 11.6 Å². The Bertz CT molecular complexity index is 500. The predicted octanol–water partition coefficient (Wildman–Crippen LogP) is 3.10. The second-order valence-electron chi connectivity index (χ2n) is 6.11. The number of nitrogens with one attached hydrogen (secondary N) is 1. The van der Waals surface area contributed by atoms with E-state index < -0.39 is 0 Å². The molecule has 0 spiro atoms. The molecule has 134 valence electrons. The number of rotatable bonds is 7. The number of guanidine groups is 1. The molecule has 1 aromatic heterocycles. The number of hydrogen-bond donors (Lipinski definition) is 2. The Morgan fingerprint density at radius 1 is 1.48 bits per heavy atom. The second-order valence-corrected chi connectivity index (χ2v) is 6.55. The van der Waals surface area contributed by atoms with Crippen LogP contribution >= 0.6 is 35.6 Å². The quantitative estimate of drug-likeness (QED) is 0.377. The van der Waals surface area contributed by atoms with Gasteiger partial charge in [0.2, 0.25) is 0 Å². The molecule has 0 radical (unpaired) electrons. The van der Waals surface area contributed by atoms with E-state index in [0.29, 0.717) is 6.54 Å². The maximum absolute atomic E-state index is 9.52. The van der Waals surface area contributed by atoms with Gasteiger partial charge in [0.15, 0.2) is 5.96 Å². The van der Waals surface area contributed by atoms with Gasteiger partial charge in [-0.05, 0) is 19.4 Å². The Balaban J connectivity index is 0.00000484. The van der Waals surface area contributed by atoms with Crippen molar-refractivity contribution < 1.29 is 5.11 Å². The van der Waals surface area contributed by atoms with Crippen molar-refractivity contribution in [2.75, 3.05) is 26.7 Å². The molecule has 0 saturated heterocycles. The summed E-state index contributed by atoms with van der Waals surface area (Å²) < 4.78 is 2.02. The Hall–Kier alpha value is -0.470. The van der Waals surface area contributed by atoms with Crippen LogP contribution < -0.4 is 5.32 Å². The number of halogens is 2. The topological polar surface area (TPSA) is 52.8 Å². The third kappa shape index (κ3) is 6.89. The number of hydrogen-bond acceptors (Lipinski definition) is 2. The molecule has 0 bridgehead atoms. The summed E-state index contributed by atoms with van der Waals surface area (Å²) in [6.07, 6.45) is 2.79. The van der Waals surface area contributed by atoms with Crippen molar-refractivity contribution in [2.45, 2.75) is 33.7 Å². The van der Waals surface area contributed by atoms with Gasteiger partial charge in [-0.1, -0.05) is 25.4 Å². The summed E-state index contributed by atoms with van der Waals surface area (Å²) >= 11 is 6.04. The molecular formula is C16H30ClIN4O. The van der Waals surface area contributed by atoms with Crippen molar-refractivity contribution in [1.82, 2.24) is 14.8 Å². The van der Waals surface area contributed by atoms with Crippen molar-refractivity contribution >= 4 is 41.5 Å². The van der Waals surface area contributed by atoms with E-state index in [-0.39, 0.29) is 36.0 Å². The fraction of sp³-hybridized carbons (Fsp3) is 0.688. The van der Waals surface area contributed by atoms with Crippen molar-refractivity contribution in [1.29, 1.82) is 0 Å². The number of aliphatic hydroxyl groups excluding tert-OH is 1. The van der Waals surface area contributed by atoms with Gasteiger partial charge in [0.1, 0.15) is 0 Å². The fourth-order valence-corrected chi connectivity index (χ4v) is 2.32.